The van der Waals surface area contributed by atoms with Crippen molar-refractivity contribution in [1.29, 1.82) is 0 Å². The van der Waals surface area contributed by atoms with E-state index in [0.29, 0.717) is 5.82 Å². The Kier molecular flexibility index (Phi) is 3.97. The Balaban J connectivity index is 1.76. The van der Waals surface area contributed by atoms with E-state index >= 15 is 0 Å². The van der Waals surface area contributed by atoms with Crippen molar-refractivity contribution in [2.24, 2.45) is 0 Å². The number of hydrogen-bond acceptors (Lipinski definition) is 3. The molecule has 0 unspecified atom stereocenters. The fourth-order valence-corrected chi connectivity index (χ4v) is 1.73. The standard InChI is InChI=1S/C14H17N3/c15-14-13(9-5-11-17-14)16-10-4-8-12-6-2-1-3-7-12/h1-3,5-7,9,11,16H,4,8,10H2,(H2,15,17). The Morgan fingerprint density at radius 2 is 1.88 bits per heavy atom. The number of hydrogen-bond donors (Lipinski definition) is 2. The quantitative estimate of drug-likeness (QED) is 0.772. The highest BCUT2D eigenvalue weighted by atomic mass is 14.9. The van der Waals surface area contributed by atoms with Crippen molar-refractivity contribution in [2.75, 3.05) is 17.6 Å². The molecule has 3 nitrogen and oxygen atoms in total. The fraction of sp³-hybridized carbons (Fsp3) is 0.214. The average Bonchev–Trinajstić information content (AvgIpc) is 2.38. The average molecular weight is 227 g/mol. The Labute approximate surface area is 102 Å². The van der Waals surface area contributed by atoms with Gasteiger partial charge in [0.25, 0.3) is 0 Å². The maximum absolute atomic E-state index is 5.74. The highest BCUT2D eigenvalue weighted by molar-refractivity contribution is 5.60. The molecule has 17 heavy (non-hydrogen) atoms. The van der Waals surface area contributed by atoms with E-state index < -0.39 is 0 Å². The number of benzene rings is 1. The first-order valence-electron chi connectivity index (χ1n) is 5.84. The summed E-state index contributed by atoms with van der Waals surface area (Å²) in [6.07, 6.45) is 3.86. The van der Waals surface area contributed by atoms with Crippen molar-refractivity contribution in [3.8, 4) is 0 Å². The molecular formula is C14H17N3. The Morgan fingerprint density at radius 1 is 1.06 bits per heavy atom. The number of nitrogen functional groups attached to an aromatic ring is 1. The van der Waals surface area contributed by atoms with Crippen LogP contribution in [0.1, 0.15) is 12.0 Å². The monoisotopic (exact) mass is 227 g/mol. The minimum absolute atomic E-state index is 0.562. The summed E-state index contributed by atoms with van der Waals surface area (Å²) >= 11 is 0. The van der Waals surface area contributed by atoms with Crippen molar-refractivity contribution in [1.82, 2.24) is 4.98 Å². The van der Waals surface area contributed by atoms with Crippen molar-refractivity contribution in [3.05, 3.63) is 54.2 Å². The van der Waals surface area contributed by atoms with Crippen LogP contribution in [0.5, 0.6) is 0 Å². The number of nitrogens with two attached hydrogens (primary N) is 1. The SMILES string of the molecule is Nc1ncccc1NCCCc1ccccc1. The van der Waals surface area contributed by atoms with Crippen LogP contribution in [-0.2, 0) is 6.42 Å². The number of pyridine rings is 1. The van der Waals surface area contributed by atoms with Crippen LogP contribution in [0, 0.1) is 0 Å². The number of rotatable bonds is 5. The van der Waals surface area contributed by atoms with Gasteiger partial charge in [0.2, 0.25) is 0 Å². The second kappa shape index (κ2) is 5.89. The summed E-state index contributed by atoms with van der Waals surface area (Å²) in [6.45, 7) is 0.908. The van der Waals surface area contributed by atoms with Gasteiger partial charge < -0.3 is 11.1 Å². The molecule has 0 radical (unpaired) electrons. The second-order valence-corrected chi connectivity index (χ2v) is 3.95. The van der Waals surface area contributed by atoms with Gasteiger partial charge >= 0.3 is 0 Å². The lowest BCUT2D eigenvalue weighted by Crippen LogP contribution is -2.06. The van der Waals surface area contributed by atoms with Crippen LogP contribution < -0.4 is 11.1 Å². The molecular weight excluding hydrogens is 210 g/mol. The van der Waals surface area contributed by atoms with Crippen LogP contribution >= 0.6 is 0 Å². The predicted molar refractivity (Wildman–Crippen MR) is 71.9 cm³/mol. The van der Waals surface area contributed by atoms with E-state index in [0.717, 1.165) is 25.1 Å². The summed E-state index contributed by atoms with van der Waals surface area (Å²) in [5, 5.41) is 3.30. The number of nitrogens with zero attached hydrogens (tertiary/aromatic N) is 1. The molecule has 1 aromatic heterocycles. The molecule has 3 N–H and O–H groups in total. The van der Waals surface area contributed by atoms with Crippen molar-refractivity contribution < 1.29 is 0 Å². The molecule has 2 aromatic rings. The van der Waals surface area contributed by atoms with Crippen LogP contribution in [0.4, 0.5) is 11.5 Å². The minimum Gasteiger partial charge on any atom is -0.382 e. The molecule has 0 fully saturated rings. The van der Waals surface area contributed by atoms with E-state index in [2.05, 4.69) is 34.6 Å². The zero-order valence-corrected chi connectivity index (χ0v) is 9.76. The van der Waals surface area contributed by atoms with Crippen molar-refractivity contribution in [3.63, 3.8) is 0 Å². The maximum atomic E-state index is 5.74. The molecule has 0 saturated heterocycles. The summed E-state index contributed by atoms with van der Waals surface area (Å²) in [5.41, 5.74) is 8.03. The maximum Gasteiger partial charge on any atom is 0.146 e. The molecule has 0 aliphatic carbocycles. The van der Waals surface area contributed by atoms with Gasteiger partial charge in [-0.2, -0.15) is 0 Å². The zero-order chi connectivity index (χ0) is 11.9. The van der Waals surface area contributed by atoms with E-state index in [9.17, 15) is 0 Å². The van der Waals surface area contributed by atoms with Gasteiger partial charge in [0.1, 0.15) is 5.82 Å². The highest BCUT2D eigenvalue weighted by Gasteiger charge is 1.97. The van der Waals surface area contributed by atoms with Crippen molar-refractivity contribution in [2.45, 2.75) is 12.8 Å². The molecule has 0 bridgehead atoms. The summed E-state index contributed by atoms with van der Waals surface area (Å²) in [4.78, 5) is 4.03. The molecule has 0 amide bonds. The first-order valence-corrected chi connectivity index (χ1v) is 5.84. The molecule has 2 rings (SSSR count). The second-order valence-electron chi connectivity index (χ2n) is 3.95. The number of aryl methyl sites for hydroxylation is 1. The van der Waals surface area contributed by atoms with E-state index in [-0.39, 0.29) is 0 Å². The van der Waals surface area contributed by atoms with Gasteiger partial charge in [-0.15, -0.1) is 0 Å². The van der Waals surface area contributed by atoms with E-state index in [1.54, 1.807) is 6.20 Å². The predicted octanol–water partition coefficient (Wildman–Crippen LogP) is 2.71. The van der Waals surface area contributed by atoms with Gasteiger partial charge in [-0.1, -0.05) is 30.3 Å². The van der Waals surface area contributed by atoms with E-state index in [1.165, 1.54) is 5.56 Å². The van der Waals surface area contributed by atoms with Crippen molar-refractivity contribution >= 4 is 11.5 Å². The summed E-state index contributed by atoms with van der Waals surface area (Å²) < 4.78 is 0. The topological polar surface area (TPSA) is 50.9 Å². The molecule has 0 aliphatic heterocycles. The third kappa shape index (κ3) is 3.48. The summed E-state index contributed by atoms with van der Waals surface area (Å²) in [5.74, 6) is 0.562. The van der Waals surface area contributed by atoms with E-state index in [4.69, 9.17) is 5.73 Å². The lowest BCUT2D eigenvalue weighted by atomic mass is 10.1. The zero-order valence-electron chi connectivity index (χ0n) is 9.76. The third-order valence-electron chi connectivity index (χ3n) is 2.64. The molecule has 0 aliphatic rings. The van der Waals surface area contributed by atoms with Crippen LogP contribution in [-0.4, -0.2) is 11.5 Å². The van der Waals surface area contributed by atoms with Gasteiger partial charge in [0.15, 0.2) is 0 Å². The largest absolute Gasteiger partial charge is 0.382 e. The molecule has 0 spiro atoms. The molecule has 0 atom stereocenters. The fourth-order valence-electron chi connectivity index (χ4n) is 1.73. The highest BCUT2D eigenvalue weighted by Crippen LogP contribution is 2.13. The van der Waals surface area contributed by atoms with Gasteiger partial charge in [-0.25, -0.2) is 4.98 Å². The normalized spacial score (nSPS) is 10.1. The van der Waals surface area contributed by atoms with Gasteiger partial charge in [0.05, 0.1) is 5.69 Å². The summed E-state index contributed by atoms with van der Waals surface area (Å²) in [6, 6.07) is 14.3. The van der Waals surface area contributed by atoms with Gasteiger partial charge in [0, 0.05) is 12.7 Å². The smallest absolute Gasteiger partial charge is 0.146 e. The molecule has 1 aromatic carbocycles. The Morgan fingerprint density at radius 3 is 2.65 bits per heavy atom. The van der Waals surface area contributed by atoms with Crippen LogP contribution in [0.15, 0.2) is 48.7 Å². The molecule has 1 heterocycles. The van der Waals surface area contributed by atoms with Gasteiger partial charge in [-0.05, 0) is 30.5 Å². The molecule has 88 valence electrons. The lowest BCUT2D eigenvalue weighted by molar-refractivity contribution is 0.863. The lowest BCUT2D eigenvalue weighted by Gasteiger charge is -2.07. The number of nitrogens with one attached hydrogen (secondary N) is 1. The number of anilines is 2. The van der Waals surface area contributed by atoms with E-state index in [1.807, 2.05) is 18.2 Å². The van der Waals surface area contributed by atoms with Crippen LogP contribution in [0.3, 0.4) is 0 Å². The minimum atomic E-state index is 0.562. The number of aromatic nitrogens is 1. The van der Waals surface area contributed by atoms with Crippen LogP contribution in [0.2, 0.25) is 0 Å². The first-order chi connectivity index (χ1) is 8.36. The Hall–Kier alpha value is -2.03. The van der Waals surface area contributed by atoms with Gasteiger partial charge in [-0.3, -0.25) is 0 Å². The third-order valence-corrected chi connectivity index (χ3v) is 2.64. The first kappa shape index (κ1) is 11.5. The molecule has 3 heteroatoms. The van der Waals surface area contributed by atoms with Crippen LogP contribution in [0.25, 0.3) is 0 Å². The summed E-state index contributed by atoms with van der Waals surface area (Å²) in [7, 11) is 0. The Bertz CT molecular complexity index is 454. The molecule has 0 saturated carbocycles.